The number of likely N-dealkylation sites (N-methyl/N-ethyl adjacent to an activating group) is 1. The van der Waals surface area contributed by atoms with Gasteiger partial charge < -0.3 is 15.0 Å². The molecule has 0 spiro atoms. The number of anilines is 1. The maximum absolute atomic E-state index is 13.2. The van der Waals surface area contributed by atoms with Crippen molar-refractivity contribution in [1.29, 1.82) is 0 Å². The molecular weight excluding hydrogens is 359 g/mol. The van der Waals surface area contributed by atoms with Gasteiger partial charge in [0.2, 0.25) is 0 Å². The third-order valence-corrected chi connectivity index (χ3v) is 4.80. The summed E-state index contributed by atoms with van der Waals surface area (Å²) in [6.45, 7) is 1.74. The number of carbonyl (C=O) groups is 2. The minimum absolute atomic E-state index is 0.00697. The number of amides is 1. The van der Waals surface area contributed by atoms with Crippen molar-refractivity contribution in [2.24, 2.45) is 0 Å². The summed E-state index contributed by atoms with van der Waals surface area (Å²) in [6, 6.07) is 11.8. The van der Waals surface area contributed by atoms with Crippen LogP contribution in [0.1, 0.15) is 35.2 Å². The molecule has 148 valence electrons. The molecule has 2 aromatic rings. The van der Waals surface area contributed by atoms with E-state index in [9.17, 15) is 14.0 Å². The number of nitrogens with zero attached hydrogens (tertiary/aromatic N) is 1. The van der Waals surface area contributed by atoms with E-state index < -0.39 is 0 Å². The van der Waals surface area contributed by atoms with Crippen LogP contribution < -0.4 is 10.1 Å². The number of Topliss-reactive ketones (excluding diaryl/α,β-unsaturated/α-hetero) is 1. The summed E-state index contributed by atoms with van der Waals surface area (Å²) in [5, 5.41) is 2.72. The predicted octanol–water partition coefficient (Wildman–Crippen LogP) is 3.68. The van der Waals surface area contributed by atoms with E-state index >= 15 is 0 Å². The lowest BCUT2D eigenvalue weighted by Crippen LogP contribution is -2.25. The van der Waals surface area contributed by atoms with Crippen LogP contribution in [-0.4, -0.2) is 43.3 Å². The topological polar surface area (TPSA) is 58.6 Å². The molecular formula is C22H25FN2O3. The van der Waals surface area contributed by atoms with Gasteiger partial charge >= 0.3 is 0 Å². The van der Waals surface area contributed by atoms with Crippen molar-refractivity contribution >= 4 is 17.4 Å². The van der Waals surface area contributed by atoms with Crippen LogP contribution in [0.15, 0.2) is 42.5 Å². The van der Waals surface area contributed by atoms with E-state index in [4.69, 9.17) is 4.74 Å². The minimum atomic E-state index is -0.210. The Hall–Kier alpha value is -2.73. The molecule has 6 heteroatoms. The van der Waals surface area contributed by atoms with E-state index in [2.05, 4.69) is 10.2 Å². The van der Waals surface area contributed by atoms with Gasteiger partial charge in [-0.3, -0.25) is 9.59 Å². The van der Waals surface area contributed by atoms with Gasteiger partial charge in [-0.05, 0) is 68.8 Å². The van der Waals surface area contributed by atoms with Crippen molar-refractivity contribution in [2.45, 2.75) is 25.7 Å². The summed E-state index contributed by atoms with van der Waals surface area (Å²) in [5.74, 6) is 0.242. The van der Waals surface area contributed by atoms with Gasteiger partial charge in [0.1, 0.15) is 11.6 Å². The van der Waals surface area contributed by atoms with Gasteiger partial charge in [-0.2, -0.15) is 0 Å². The number of hydrogen-bond acceptors (Lipinski definition) is 4. The zero-order valence-electron chi connectivity index (χ0n) is 16.0. The van der Waals surface area contributed by atoms with Gasteiger partial charge in [0.05, 0.1) is 5.69 Å². The lowest BCUT2D eigenvalue weighted by molar-refractivity contribution is -0.118. The standard InChI is InChI=1S/C22H25FN2O3/c1-25(12-10-16-5-4-6-18(23)13-16)11-3-2-7-20(26)17-8-9-21-19(14-17)24-22(27)15-28-21/h4-6,8-9,13-14H,2-3,7,10-12,15H2,1H3,(H,24,27). The first-order chi connectivity index (χ1) is 13.5. The Kier molecular flexibility index (Phi) is 6.76. The summed E-state index contributed by atoms with van der Waals surface area (Å²) in [5.41, 5.74) is 2.13. The number of unbranched alkanes of at least 4 members (excludes halogenated alkanes) is 1. The van der Waals surface area contributed by atoms with Crippen molar-refractivity contribution < 1.29 is 18.7 Å². The van der Waals surface area contributed by atoms with E-state index in [1.165, 1.54) is 6.07 Å². The number of ether oxygens (including phenoxy) is 1. The largest absolute Gasteiger partial charge is 0.482 e. The smallest absolute Gasteiger partial charge is 0.262 e. The van der Waals surface area contributed by atoms with Crippen LogP contribution in [0, 0.1) is 5.82 Å². The first-order valence-corrected chi connectivity index (χ1v) is 9.54. The van der Waals surface area contributed by atoms with E-state index in [1.807, 2.05) is 13.1 Å². The van der Waals surface area contributed by atoms with E-state index in [1.54, 1.807) is 30.3 Å². The maximum Gasteiger partial charge on any atom is 0.262 e. The molecule has 1 aliphatic heterocycles. The van der Waals surface area contributed by atoms with Gasteiger partial charge in [0, 0.05) is 18.5 Å². The fraction of sp³-hybridized carbons (Fsp3) is 0.364. The molecule has 1 N–H and O–H groups in total. The summed E-state index contributed by atoms with van der Waals surface area (Å²) >= 11 is 0. The van der Waals surface area contributed by atoms with Crippen molar-refractivity contribution in [3.05, 3.63) is 59.4 Å². The predicted molar refractivity (Wildman–Crippen MR) is 106 cm³/mol. The van der Waals surface area contributed by atoms with Crippen molar-refractivity contribution in [3.8, 4) is 5.75 Å². The zero-order valence-corrected chi connectivity index (χ0v) is 16.0. The number of carbonyl (C=O) groups excluding carboxylic acids is 2. The molecule has 0 unspecified atom stereocenters. The highest BCUT2D eigenvalue weighted by molar-refractivity contribution is 6.00. The molecule has 28 heavy (non-hydrogen) atoms. The lowest BCUT2D eigenvalue weighted by atomic mass is 10.0. The minimum Gasteiger partial charge on any atom is -0.482 e. The Labute approximate surface area is 164 Å². The summed E-state index contributed by atoms with van der Waals surface area (Å²) in [6.07, 6.45) is 2.97. The quantitative estimate of drug-likeness (QED) is 0.529. The van der Waals surface area contributed by atoms with Crippen LogP contribution >= 0.6 is 0 Å². The molecule has 0 saturated carbocycles. The third kappa shape index (κ3) is 5.63. The second-order valence-corrected chi connectivity index (χ2v) is 7.11. The number of benzene rings is 2. The lowest BCUT2D eigenvalue weighted by Gasteiger charge is -2.18. The fourth-order valence-corrected chi connectivity index (χ4v) is 3.19. The number of rotatable bonds is 9. The number of halogens is 1. The van der Waals surface area contributed by atoms with Gasteiger partial charge in [-0.15, -0.1) is 0 Å². The van der Waals surface area contributed by atoms with Gasteiger partial charge in [-0.25, -0.2) is 4.39 Å². The Balaban J connectivity index is 1.38. The first-order valence-electron chi connectivity index (χ1n) is 9.54. The second kappa shape index (κ2) is 9.46. The van der Waals surface area contributed by atoms with Crippen LogP contribution in [0.25, 0.3) is 0 Å². The second-order valence-electron chi connectivity index (χ2n) is 7.11. The van der Waals surface area contributed by atoms with Crippen LogP contribution in [0.2, 0.25) is 0 Å². The number of ketones is 1. The summed E-state index contributed by atoms with van der Waals surface area (Å²) in [4.78, 5) is 26.0. The SMILES string of the molecule is CN(CCCCC(=O)c1ccc2c(c1)NC(=O)CO2)CCc1cccc(F)c1. The molecule has 2 aromatic carbocycles. The van der Waals surface area contributed by atoms with Crippen LogP contribution in [-0.2, 0) is 11.2 Å². The number of fused-ring (bicyclic) bond motifs is 1. The molecule has 3 rings (SSSR count). The molecule has 1 aliphatic rings. The van der Waals surface area contributed by atoms with Crippen molar-refractivity contribution in [1.82, 2.24) is 4.90 Å². The molecule has 0 fully saturated rings. The first kappa shape index (κ1) is 20.0. The summed E-state index contributed by atoms with van der Waals surface area (Å²) in [7, 11) is 2.03. The zero-order chi connectivity index (χ0) is 19.9. The number of nitrogens with one attached hydrogen (secondary N) is 1. The molecule has 1 amide bonds. The molecule has 1 heterocycles. The monoisotopic (exact) mass is 384 g/mol. The fourth-order valence-electron chi connectivity index (χ4n) is 3.19. The van der Waals surface area contributed by atoms with Gasteiger partial charge in [0.25, 0.3) is 5.91 Å². The molecule has 5 nitrogen and oxygen atoms in total. The van der Waals surface area contributed by atoms with E-state index in [0.717, 1.165) is 37.9 Å². The average Bonchev–Trinajstić information content (AvgIpc) is 2.69. The Bertz CT molecular complexity index is 853. The third-order valence-electron chi connectivity index (χ3n) is 4.80. The summed E-state index contributed by atoms with van der Waals surface area (Å²) < 4.78 is 18.5. The highest BCUT2D eigenvalue weighted by atomic mass is 19.1. The van der Waals surface area contributed by atoms with Crippen LogP contribution in [0.4, 0.5) is 10.1 Å². The Morgan fingerprint density at radius 2 is 2.04 bits per heavy atom. The molecule has 0 saturated heterocycles. The van der Waals surface area contributed by atoms with Crippen LogP contribution in [0.3, 0.4) is 0 Å². The molecule has 0 radical (unpaired) electrons. The van der Waals surface area contributed by atoms with E-state index in [-0.39, 0.29) is 24.1 Å². The highest BCUT2D eigenvalue weighted by Gasteiger charge is 2.17. The van der Waals surface area contributed by atoms with Crippen molar-refractivity contribution in [3.63, 3.8) is 0 Å². The molecule has 0 bridgehead atoms. The maximum atomic E-state index is 13.2. The Morgan fingerprint density at radius 3 is 2.86 bits per heavy atom. The molecule has 0 atom stereocenters. The van der Waals surface area contributed by atoms with Gasteiger partial charge in [-0.1, -0.05) is 12.1 Å². The number of hydrogen-bond donors (Lipinski definition) is 1. The van der Waals surface area contributed by atoms with Crippen molar-refractivity contribution in [2.75, 3.05) is 32.1 Å². The molecule has 0 aromatic heterocycles. The Morgan fingerprint density at radius 1 is 1.18 bits per heavy atom. The van der Waals surface area contributed by atoms with Gasteiger partial charge in [0.15, 0.2) is 12.4 Å². The van der Waals surface area contributed by atoms with E-state index in [0.29, 0.717) is 23.4 Å². The molecule has 0 aliphatic carbocycles. The highest BCUT2D eigenvalue weighted by Crippen LogP contribution is 2.29. The van der Waals surface area contributed by atoms with Crippen LogP contribution in [0.5, 0.6) is 5.75 Å². The normalized spacial score (nSPS) is 13.0. The average molecular weight is 384 g/mol.